The van der Waals surface area contributed by atoms with Crippen LogP contribution in [-0.4, -0.2) is 50.3 Å². The van der Waals surface area contributed by atoms with Crippen molar-refractivity contribution in [1.82, 2.24) is 0 Å². The molecule has 0 bridgehead atoms. The lowest BCUT2D eigenvalue weighted by Gasteiger charge is -2.11. The number of esters is 4. The van der Waals surface area contributed by atoms with E-state index in [1.54, 1.807) is 0 Å². The third-order valence-corrected chi connectivity index (χ3v) is 3.38. The van der Waals surface area contributed by atoms with Gasteiger partial charge in [0.1, 0.15) is 0 Å². The Labute approximate surface area is 154 Å². The Morgan fingerprint density at radius 3 is 1.19 bits per heavy atom. The maximum absolute atomic E-state index is 11.8. The first-order chi connectivity index (χ1) is 12.3. The number of hydrogen-bond acceptors (Lipinski definition) is 8. The van der Waals surface area contributed by atoms with Gasteiger partial charge in [-0.2, -0.15) is 0 Å². The fourth-order valence-electron chi connectivity index (χ4n) is 1.89. The smallest absolute Gasteiger partial charge is 0.320 e. The highest BCUT2D eigenvalue weighted by Gasteiger charge is 2.24. The molecule has 8 nitrogen and oxygen atoms in total. The summed E-state index contributed by atoms with van der Waals surface area (Å²) in [6, 6.07) is 0. The van der Waals surface area contributed by atoms with Gasteiger partial charge in [-0.15, -0.1) is 0 Å². The number of carbonyl (C=O) groups excluding carboxylic acids is 4. The van der Waals surface area contributed by atoms with Crippen LogP contribution in [0.3, 0.4) is 0 Å². The van der Waals surface area contributed by atoms with Crippen LogP contribution in [0.4, 0.5) is 0 Å². The highest BCUT2D eigenvalue weighted by atomic mass is 16.6. The van der Waals surface area contributed by atoms with Crippen molar-refractivity contribution in [3.63, 3.8) is 0 Å². The zero-order valence-corrected chi connectivity index (χ0v) is 15.9. The number of unbranched alkanes of at least 4 members (excludes halogenated alkanes) is 4. The van der Waals surface area contributed by atoms with E-state index in [0.29, 0.717) is 38.9 Å². The quantitative estimate of drug-likeness (QED) is 0.197. The molecule has 150 valence electrons. The Hall–Kier alpha value is -2.12. The van der Waals surface area contributed by atoms with Gasteiger partial charge in [0.15, 0.2) is 5.92 Å². The Morgan fingerprint density at radius 2 is 0.885 bits per heavy atom. The predicted molar refractivity (Wildman–Crippen MR) is 92.1 cm³/mol. The molecule has 0 aromatic heterocycles. The lowest BCUT2D eigenvalue weighted by atomic mass is 10.2. The van der Waals surface area contributed by atoms with Crippen molar-refractivity contribution < 1.29 is 38.1 Å². The first kappa shape index (κ1) is 23.9. The van der Waals surface area contributed by atoms with Gasteiger partial charge in [0, 0.05) is 13.8 Å². The first-order valence-corrected chi connectivity index (χ1v) is 8.94. The number of ether oxygens (including phenoxy) is 4. The largest absolute Gasteiger partial charge is 0.466 e. The Balaban J connectivity index is 3.64. The van der Waals surface area contributed by atoms with E-state index in [4.69, 9.17) is 18.9 Å². The molecule has 26 heavy (non-hydrogen) atoms. The molecular formula is C18H30O8. The van der Waals surface area contributed by atoms with Crippen molar-refractivity contribution in [2.75, 3.05) is 26.4 Å². The van der Waals surface area contributed by atoms with Gasteiger partial charge in [-0.25, -0.2) is 0 Å². The second-order valence-electron chi connectivity index (χ2n) is 5.86. The predicted octanol–water partition coefficient (Wildman–Crippen LogP) is 2.18. The van der Waals surface area contributed by atoms with Crippen molar-refractivity contribution in [2.24, 2.45) is 5.92 Å². The molecule has 0 N–H and O–H groups in total. The zero-order chi connectivity index (χ0) is 19.8. The fraction of sp³-hybridized carbons (Fsp3) is 0.778. The maximum Gasteiger partial charge on any atom is 0.320 e. The summed E-state index contributed by atoms with van der Waals surface area (Å²) in [4.78, 5) is 44.7. The van der Waals surface area contributed by atoms with Crippen molar-refractivity contribution in [3.8, 4) is 0 Å². The van der Waals surface area contributed by atoms with E-state index >= 15 is 0 Å². The summed E-state index contributed by atoms with van der Waals surface area (Å²) in [6.07, 6.45) is 4.19. The molecule has 0 radical (unpaired) electrons. The van der Waals surface area contributed by atoms with Crippen LogP contribution >= 0.6 is 0 Å². The molecule has 0 aromatic rings. The zero-order valence-electron chi connectivity index (χ0n) is 15.9. The molecule has 0 saturated heterocycles. The number of hydrogen-bond donors (Lipinski definition) is 0. The highest BCUT2D eigenvalue weighted by Crippen LogP contribution is 2.06. The lowest BCUT2D eigenvalue weighted by molar-refractivity contribution is -0.161. The first-order valence-electron chi connectivity index (χ1n) is 8.94. The van der Waals surface area contributed by atoms with E-state index in [-0.39, 0.29) is 25.2 Å². The second-order valence-corrected chi connectivity index (χ2v) is 5.86. The fourth-order valence-corrected chi connectivity index (χ4v) is 1.89. The van der Waals surface area contributed by atoms with Crippen LogP contribution in [0.15, 0.2) is 0 Å². The van der Waals surface area contributed by atoms with E-state index in [2.05, 4.69) is 0 Å². The highest BCUT2D eigenvalue weighted by molar-refractivity contribution is 5.94. The summed E-state index contributed by atoms with van der Waals surface area (Å²) in [7, 11) is 0. The minimum atomic E-state index is -0.961. The van der Waals surface area contributed by atoms with Gasteiger partial charge in [-0.3, -0.25) is 19.2 Å². The topological polar surface area (TPSA) is 105 Å². The molecule has 0 unspecified atom stereocenters. The normalized spacial score (nSPS) is 10.3. The van der Waals surface area contributed by atoms with Gasteiger partial charge in [-0.05, 0) is 45.4 Å². The van der Waals surface area contributed by atoms with Crippen molar-refractivity contribution >= 4 is 23.9 Å². The van der Waals surface area contributed by atoms with Crippen molar-refractivity contribution in [3.05, 3.63) is 0 Å². The van der Waals surface area contributed by atoms with Crippen LogP contribution in [0.5, 0.6) is 0 Å². The van der Waals surface area contributed by atoms with E-state index in [1.807, 2.05) is 0 Å². The van der Waals surface area contributed by atoms with Crippen LogP contribution in [0.1, 0.15) is 59.3 Å². The molecule has 0 heterocycles. The van der Waals surface area contributed by atoms with E-state index in [9.17, 15) is 19.2 Å². The standard InChI is InChI=1S/C18H30O8/c1-14(17(21)25-12-8-4-6-10-23-15(2)19)18(22)26-13-9-5-7-11-24-16(3)20/h14H,4-13H2,1-3H3. The maximum atomic E-state index is 11.8. The summed E-state index contributed by atoms with van der Waals surface area (Å²) in [5.41, 5.74) is 0. The molecule has 0 atom stereocenters. The second kappa shape index (κ2) is 15.2. The van der Waals surface area contributed by atoms with Crippen molar-refractivity contribution in [1.29, 1.82) is 0 Å². The van der Waals surface area contributed by atoms with E-state index in [0.717, 1.165) is 12.8 Å². The monoisotopic (exact) mass is 374 g/mol. The molecule has 0 aliphatic carbocycles. The van der Waals surface area contributed by atoms with Gasteiger partial charge in [0.2, 0.25) is 0 Å². The Kier molecular flexibility index (Phi) is 13.9. The molecule has 0 aromatic carbocycles. The van der Waals surface area contributed by atoms with Gasteiger partial charge >= 0.3 is 23.9 Å². The van der Waals surface area contributed by atoms with Crippen LogP contribution in [0, 0.1) is 5.92 Å². The minimum absolute atomic E-state index is 0.215. The third-order valence-electron chi connectivity index (χ3n) is 3.38. The average Bonchev–Trinajstić information content (AvgIpc) is 2.58. The summed E-state index contributed by atoms with van der Waals surface area (Å²) in [5, 5.41) is 0. The molecule has 0 aliphatic rings. The van der Waals surface area contributed by atoms with Gasteiger partial charge < -0.3 is 18.9 Å². The molecule has 8 heteroatoms. The third kappa shape index (κ3) is 14.2. The van der Waals surface area contributed by atoms with E-state index in [1.165, 1.54) is 20.8 Å². The Bertz CT molecular complexity index is 406. The summed E-state index contributed by atoms with van der Waals surface area (Å²) < 4.78 is 19.7. The summed E-state index contributed by atoms with van der Waals surface area (Å²) >= 11 is 0. The van der Waals surface area contributed by atoms with Crippen LogP contribution in [0.25, 0.3) is 0 Å². The molecule has 0 aliphatic heterocycles. The summed E-state index contributed by atoms with van der Waals surface area (Å²) in [6.45, 7) is 5.29. The lowest BCUT2D eigenvalue weighted by Crippen LogP contribution is -2.26. The molecule has 0 spiro atoms. The number of rotatable bonds is 14. The SMILES string of the molecule is CC(=O)OCCCCCOC(=O)C(C)C(=O)OCCCCCOC(C)=O. The molecule has 0 saturated carbocycles. The van der Waals surface area contributed by atoms with Gasteiger partial charge in [0.25, 0.3) is 0 Å². The van der Waals surface area contributed by atoms with Crippen LogP contribution in [-0.2, 0) is 38.1 Å². The molecule has 0 amide bonds. The minimum Gasteiger partial charge on any atom is -0.466 e. The Morgan fingerprint density at radius 1 is 0.577 bits per heavy atom. The molecule has 0 fully saturated rings. The average molecular weight is 374 g/mol. The van der Waals surface area contributed by atoms with Crippen LogP contribution in [0.2, 0.25) is 0 Å². The number of carbonyl (C=O) groups is 4. The van der Waals surface area contributed by atoms with E-state index < -0.39 is 17.9 Å². The van der Waals surface area contributed by atoms with Crippen molar-refractivity contribution in [2.45, 2.75) is 59.3 Å². The molecular weight excluding hydrogens is 344 g/mol. The van der Waals surface area contributed by atoms with Gasteiger partial charge in [-0.1, -0.05) is 0 Å². The van der Waals surface area contributed by atoms with Gasteiger partial charge in [0.05, 0.1) is 26.4 Å². The summed E-state index contributed by atoms with van der Waals surface area (Å²) in [5.74, 6) is -2.80. The van der Waals surface area contributed by atoms with Crippen LogP contribution < -0.4 is 0 Å². The molecule has 0 rings (SSSR count).